The largest absolute Gasteiger partial charge is 0.478 e. The molecule has 0 radical (unpaired) electrons. The molecule has 0 atom stereocenters. The molecule has 0 saturated carbocycles. The van der Waals surface area contributed by atoms with Crippen LogP contribution in [0.15, 0.2) is 23.1 Å². The summed E-state index contributed by atoms with van der Waals surface area (Å²) in [6, 6.07) is 4.86. The molecule has 0 saturated heterocycles. The van der Waals surface area contributed by atoms with Gasteiger partial charge in [-0.15, -0.1) is 11.8 Å². The van der Waals surface area contributed by atoms with Crippen molar-refractivity contribution in [1.82, 2.24) is 0 Å². The molecule has 2 nitrogen and oxygen atoms in total. The molecule has 0 bridgehead atoms. The van der Waals surface area contributed by atoms with Crippen LogP contribution in [0, 0.1) is 6.92 Å². The van der Waals surface area contributed by atoms with E-state index >= 15 is 0 Å². The minimum atomic E-state index is -4.21. The summed E-state index contributed by atoms with van der Waals surface area (Å²) in [6.45, 7) is 1.68. The number of carboxylic acid groups (broad SMARTS) is 1. The SMILES string of the molecule is Cc1ccc(SCCSC(F)(F)F)cc1C(=O)O. The lowest BCUT2D eigenvalue weighted by molar-refractivity contribution is -0.0326. The molecule has 1 rings (SSSR count). The van der Waals surface area contributed by atoms with Gasteiger partial charge in [0.15, 0.2) is 0 Å². The number of alkyl halides is 3. The van der Waals surface area contributed by atoms with E-state index in [0.717, 1.165) is 0 Å². The van der Waals surface area contributed by atoms with Crippen LogP contribution in [0.1, 0.15) is 15.9 Å². The summed E-state index contributed by atoms with van der Waals surface area (Å²) in [5.74, 6) is -0.795. The van der Waals surface area contributed by atoms with Crippen molar-refractivity contribution in [2.24, 2.45) is 0 Å². The highest BCUT2D eigenvalue weighted by molar-refractivity contribution is 8.03. The van der Waals surface area contributed by atoms with E-state index in [1.165, 1.54) is 17.8 Å². The van der Waals surface area contributed by atoms with E-state index in [1.807, 2.05) is 0 Å². The fraction of sp³-hybridized carbons (Fsp3) is 0.364. The minimum absolute atomic E-state index is 0.0511. The van der Waals surface area contributed by atoms with Gasteiger partial charge >= 0.3 is 11.5 Å². The van der Waals surface area contributed by atoms with E-state index in [0.29, 0.717) is 10.5 Å². The normalized spacial score (nSPS) is 11.6. The number of aromatic carboxylic acids is 1. The van der Waals surface area contributed by atoms with Crippen LogP contribution in [0.2, 0.25) is 0 Å². The number of halogens is 3. The van der Waals surface area contributed by atoms with E-state index < -0.39 is 11.5 Å². The maximum Gasteiger partial charge on any atom is 0.441 e. The highest BCUT2D eigenvalue weighted by Crippen LogP contribution is 2.31. The average Bonchev–Trinajstić information content (AvgIpc) is 2.24. The molecule has 1 aromatic rings. The van der Waals surface area contributed by atoms with Gasteiger partial charge in [0.25, 0.3) is 0 Å². The predicted molar refractivity (Wildman–Crippen MR) is 67.4 cm³/mol. The molecule has 18 heavy (non-hydrogen) atoms. The van der Waals surface area contributed by atoms with Crippen molar-refractivity contribution < 1.29 is 23.1 Å². The fourth-order valence-corrected chi connectivity index (χ4v) is 2.74. The second kappa shape index (κ2) is 6.38. The molecule has 1 aromatic carbocycles. The van der Waals surface area contributed by atoms with Gasteiger partial charge in [0.2, 0.25) is 0 Å². The highest BCUT2D eigenvalue weighted by Gasteiger charge is 2.27. The van der Waals surface area contributed by atoms with Gasteiger partial charge < -0.3 is 5.11 Å². The molecule has 0 aliphatic rings. The second-order valence-electron chi connectivity index (χ2n) is 3.42. The maximum absolute atomic E-state index is 11.9. The van der Waals surface area contributed by atoms with Crippen LogP contribution in [0.25, 0.3) is 0 Å². The summed E-state index contributed by atoms with van der Waals surface area (Å²) in [5.41, 5.74) is -3.39. The Morgan fingerprint density at radius 2 is 2.00 bits per heavy atom. The molecule has 0 aliphatic carbocycles. The average molecular weight is 296 g/mol. The Hall–Kier alpha value is -0.820. The summed E-state index contributed by atoms with van der Waals surface area (Å²) < 4.78 is 35.6. The first-order valence-corrected chi connectivity index (χ1v) is 6.94. The Balaban J connectivity index is 2.53. The van der Waals surface area contributed by atoms with E-state index in [-0.39, 0.29) is 28.8 Å². The summed E-state index contributed by atoms with van der Waals surface area (Å²) >= 11 is 1.15. The number of rotatable bonds is 5. The highest BCUT2D eigenvalue weighted by atomic mass is 32.2. The number of aryl methyl sites for hydroxylation is 1. The summed E-state index contributed by atoms with van der Waals surface area (Å²) in [5, 5.41) is 8.91. The van der Waals surface area contributed by atoms with E-state index in [1.54, 1.807) is 19.1 Å². The van der Waals surface area contributed by atoms with Crippen LogP contribution < -0.4 is 0 Å². The second-order valence-corrected chi connectivity index (χ2v) is 5.75. The van der Waals surface area contributed by atoms with E-state index in [2.05, 4.69) is 0 Å². The molecule has 100 valence electrons. The fourth-order valence-electron chi connectivity index (χ4n) is 1.24. The first kappa shape index (κ1) is 15.2. The summed E-state index contributed by atoms with van der Waals surface area (Å²) in [4.78, 5) is 11.5. The first-order valence-electron chi connectivity index (χ1n) is 4.97. The van der Waals surface area contributed by atoms with Crippen molar-refractivity contribution in [3.8, 4) is 0 Å². The molecule has 0 unspecified atom stereocenters. The minimum Gasteiger partial charge on any atom is -0.478 e. The zero-order chi connectivity index (χ0) is 13.8. The third-order valence-electron chi connectivity index (χ3n) is 2.06. The summed E-state index contributed by atoms with van der Waals surface area (Å²) in [6.07, 6.45) is 0. The lowest BCUT2D eigenvalue weighted by atomic mass is 10.1. The third-order valence-corrected chi connectivity index (χ3v) is 4.05. The standard InChI is InChI=1S/C11H11F3O2S2/c1-7-2-3-8(6-9(7)10(15)16)17-4-5-18-11(12,13)14/h2-3,6H,4-5H2,1H3,(H,15,16). The Morgan fingerprint density at radius 3 is 2.56 bits per heavy atom. The zero-order valence-corrected chi connectivity index (χ0v) is 11.1. The lowest BCUT2D eigenvalue weighted by Gasteiger charge is -2.07. The molecular weight excluding hydrogens is 285 g/mol. The van der Waals surface area contributed by atoms with Crippen molar-refractivity contribution in [2.45, 2.75) is 17.3 Å². The Bertz CT molecular complexity index is 433. The van der Waals surface area contributed by atoms with Gasteiger partial charge in [0.1, 0.15) is 0 Å². The number of carboxylic acids is 1. The van der Waals surface area contributed by atoms with E-state index in [9.17, 15) is 18.0 Å². The Kier molecular flexibility index (Phi) is 5.40. The van der Waals surface area contributed by atoms with Crippen LogP contribution in [-0.4, -0.2) is 28.1 Å². The molecule has 0 heterocycles. The molecule has 1 N–H and O–H groups in total. The molecule has 7 heteroatoms. The van der Waals surface area contributed by atoms with Gasteiger partial charge in [-0.2, -0.15) is 13.2 Å². The Labute approximate surface area is 111 Å². The van der Waals surface area contributed by atoms with Gasteiger partial charge in [-0.1, -0.05) is 17.8 Å². The van der Waals surface area contributed by atoms with Gasteiger partial charge in [-0.3, -0.25) is 0 Å². The number of hydrogen-bond donors (Lipinski definition) is 1. The molecule has 0 spiro atoms. The van der Waals surface area contributed by atoms with Gasteiger partial charge in [0.05, 0.1) is 5.56 Å². The van der Waals surface area contributed by atoms with Gasteiger partial charge in [-0.05, 0) is 24.6 Å². The van der Waals surface area contributed by atoms with E-state index in [4.69, 9.17) is 5.11 Å². The topological polar surface area (TPSA) is 37.3 Å². The number of hydrogen-bond acceptors (Lipinski definition) is 3. The van der Waals surface area contributed by atoms with Gasteiger partial charge in [-0.25, -0.2) is 4.79 Å². The summed E-state index contributed by atoms with van der Waals surface area (Å²) in [7, 11) is 0. The number of benzene rings is 1. The van der Waals surface area contributed by atoms with Crippen molar-refractivity contribution in [2.75, 3.05) is 11.5 Å². The van der Waals surface area contributed by atoms with Gasteiger partial charge in [0, 0.05) is 16.4 Å². The third kappa shape index (κ3) is 5.22. The Morgan fingerprint density at radius 1 is 1.33 bits per heavy atom. The molecule has 0 aliphatic heterocycles. The maximum atomic E-state index is 11.9. The smallest absolute Gasteiger partial charge is 0.441 e. The molecule has 0 amide bonds. The lowest BCUT2D eigenvalue weighted by Crippen LogP contribution is -2.02. The van der Waals surface area contributed by atoms with Crippen molar-refractivity contribution in [3.63, 3.8) is 0 Å². The van der Waals surface area contributed by atoms with Crippen LogP contribution in [0.3, 0.4) is 0 Å². The monoisotopic (exact) mass is 296 g/mol. The quantitative estimate of drug-likeness (QED) is 0.657. The van der Waals surface area contributed by atoms with Crippen LogP contribution in [-0.2, 0) is 0 Å². The van der Waals surface area contributed by atoms with Crippen LogP contribution in [0.5, 0.6) is 0 Å². The number of thioether (sulfide) groups is 2. The molecular formula is C11H11F3O2S2. The van der Waals surface area contributed by atoms with Crippen LogP contribution >= 0.6 is 23.5 Å². The van der Waals surface area contributed by atoms with Crippen molar-refractivity contribution in [1.29, 1.82) is 0 Å². The van der Waals surface area contributed by atoms with Crippen molar-refractivity contribution >= 4 is 29.5 Å². The molecule has 0 fully saturated rings. The predicted octanol–water partition coefficient (Wildman–Crippen LogP) is 4.04. The number of carbonyl (C=O) groups is 1. The first-order chi connectivity index (χ1) is 8.29. The van der Waals surface area contributed by atoms with Crippen LogP contribution in [0.4, 0.5) is 13.2 Å². The molecule has 0 aromatic heterocycles. The zero-order valence-electron chi connectivity index (χ0n) is 9.45. The van der Waals surface area contributed by atoms with Crippen molar-refractivity contribution in [3.05, 3.63) is 29.3 Å².